The van der Waals surface area contributed by atoms with Crippen molar-refractivity contribution in [1.29, 1.82) is 0 Å². The molecule has 3 nitrogen and oxygen atoms in total. The first-order valence-electron chi connectivity index (χ1n) is 7.01. The molecule has 0 aliphatic rings. The molecule has 2 aromatic rings. The van der Waals surface area contributed by atoms with Crippen LogP contribution in [0.5, 0.6) is 5.75 Å². The van der Waals surface area contributed by atoms with E-state index in [1.54, 1.807) is 0 Å². The Morgan fingerprint density at radius 1 is 1.21 bits per heavy atom. The first kappa shape index (κ1) is 13.7. The van der Waals surface area contributed by atoms with Gasteiger partial charge in [-0.25, -0.2) is 4.98 Å². The second-order valence-electron chi connectivity index (χ2n) is 4.52. The predicted molar refractivity (Wildman–Crippen MR) is 81.2 cm³/mol. The van der Waals surface area contributed by atoms with Crippen LogP contribution in [0, 0.1) is 6.92 Å². The van der Waals surface area contributed by atoms with Crippen LogP contribution >= 0.6 is 0 Å². The van der Waals surface area contributed by atoms with Crippen molar-refractivity contribution in [3.8, 4) is 5.75 Å². The van der Waals surface area contributed by atoms with Crippen molar-refractivity contribution in [2.75, 3.05) is 18.5 Å². The molecule has 0 atom stereocenters. The molecular formula is C16H22N2O. The van der Waals surface area contributed by atoms with E-state index in [1.165, 1.54) is 11.3 Å². The van der Waals surface area contributed by atoms with Gasteiger partial charge in [-0.1, -0.05) is 19.1 Å². The van der Waals surface area contributed by atoms with Crippen molar-refractivity contribution in [1.82, 2.24) is 4.98 Å². The van der Waals surface area contributed by atoms with Gasteiger partial charge in [0, 0.05) is 23.3 Å². The summed E-state index contributed by atoms with van der Waals surface area (Å²) in [5.41, 5.74) is 4.53. The number of para-hydroxylation sites is 1. The van der Waals surface area contributed by atoms with E-state index in [9.17, 15) is 0 Å². The molecule has 0 spiro atoms. The maximum atomic E-state index is 5.69. The summed E-state index contributed by atoms with van der Waals surface area (Å²) in [4.78, 5) is 4.74. The van der Waals surface area contributed by atoms with E-state index >= 15 is 0 Å². The van der Waals surface area contributed by atoms with E-state index in [2.05, 4.69) is 32.2 Å². The number of nitrogens with one attached hydrogen (secondary N) is 1. The van der Waals surface area contributed by atoms with E-state index < -0.39 is 0 Å². The maximum Gasteiger partial charge on any atom is 0.145 e. The first-order chi connectivity index (χ1) is 9.22. The van der Waals surface area contributed by atoms with Gasteiger partial charge in [0.05, 0.1) is 6.61 Å². The van der Waals surface area contributed by atoms with Crippen molar-refractivity contribution < 1.29 is 4.74 Å². The van der Waals surface area contributed by atoms with Gasteiger partial charge in [-0.3, -0.25) is 0 Å². The van der Waals surface area contributed by atoms with Crippen molar-refractivity contribution in [3.05, 3.63) is 29.5 Å². The molecule has 19 heavy (non-hydrogen) atoms. The Morgan fingerprint density at radius 3 is 2.63 bits per heavy atom. The third kappa shape index (κ3) is 2.50. The molecule has 102 valence electrons. The summed E-state index contributed by atoms with van der Waals surface area (Å²) in [6.45, 7) is 9.92. The largest absolute Gasteiger partial charge is 0.492 e. The van der Waals surface area contributed by atoms with Crippen LogP contribution in [0.3, 0.4) is 0 Å². The van der Waals surface area contributed by atoms with Crippen LogP contribution < -0.4 is 10.1 Å². The number of anilines is 1. The van der Waals surface area contributed by atoms with Gasteiger partial charge in [-0.2, -0.15) is 0 Å². The van der Waals surface area contributed by atoms with E-state index in [1.807, 2.05) is 19.1 Å². The average Bonchev–Trinajstić information content (AvgIpc) is 2.40. The van der Waals surface area contributed by atoms with Gasteiger partial charge in [-0.15, -0.1) is 0 Å². The van der Waals surface area contributed by atoms with E-state index in [4.69, 9.17) is 9.72 Å². The highest BCUT2D eigenvalue weighted by Crippen LogP contribution is 2.33. The van der Waals surface area contributed by atoms with Crippen LogP contribution in [0.4, 0.5) is 5.69 Å². The minimum atomic E-state index is 0.659. The van der Waals surface area contributed by atoms with Crippen molar-refractivity contribution >= 4 is 16.6 Å². The minimum absolute atomic E-state index is 0.659. The maximum absolute atomic E-state index is 5.69. The summed E-state index contributed by atoms with van der Waals surface area (Å²) < 4.78 is 5.69. The number of aryl methyl sites for hydroxylation is 1. The molecular weight excluding hydrogens is 236 g/mol. The quantitative estimate of drug-likeness (QED) is 0.882. The third-order valence-corrected chi connectivity index (χ3v) is 3.29. The monoisotopic (exact) mass is 258 g/mol. The Kier molecular flexibility index (Phi) is 4.25. The Bertz CT molecular complexity index is 578. The van der Waals surface area contributed by atoms with Gasteiger partial charge in [-0.05, 0) is 38.8 Å². The summed E-state index contributed by atoms with van der Waals surface area (Å²) >= 11 is 0. The molecule has 0 unspecified atom stereocenters. The van der Waals surface area contributed by atoms with Crippen LogP contribution in [0.2, 0.25) is 0 Å². The Balaban J connectivity index is 2.74. The van der Waals surface area contributed by atoms with Crippen molar-refractivity contribution in [2.45, 2.75) is 34.1 Å². The fourth-order valence-corrected chi connectivity index (χ4v) is 2.50. The molecule has 0 bridgehead atoms. The fraction of sp³-hybridized carbons (Fsp3) is 0.438. The molecule has 1 aromatic carbocycles. The number of rotatable bonds is 5. The highest BCUT2D eigenvalue weighted by molar-refractivity contribution is 5.96. The number of nitrogens with zero attached hydrogens (tertiary/aromatic N) is 1. The van der Waals surface area contributed by atoms with E-state index in [0.717, 1.165) is 35.3 Å². The molecule has 0 radical (unpaired) electrons. The number of fused-ring (bicyclic) bond motifs is 1. The molecule has 3 heteroatoms. The molecule has 1 N–H and O–H groups in total. The van der Waals surface area contributed by atoms with Crippen molar-refractivity contribution in [2.24, 2.45) is 0 Å². The zero-order valence-electron chi connectivity index (χ0n) is 12.2. The second kappa shape index (κ2) is 5.91. The highest BCUT2D eigenvalue weighted by Gasteiger charge is 2.13. The number of hydrogen-bond acceptors (Lipinski definition) is 3. The van der Waals surface area contributed by atoms with Gasteiger partial charge >= 0.3 is 0 Å². The number of pyridine rings is 1. The number of aromatic nitrogens is 1. The molecule has 1 aromatic heterocycles. The minimum Gasteiger partial charge on any atom is -0.492 e. The lowest BCUT2D eigenvalue weighted by atomic mass is 10.0. The first-order valence-corrected chi connectivity index (χ1v) is 7.01. The topological polar surface area (TPSA) is 34.2 Å². The summed E-state index contributed by atoms with van der Waals surface area (Å²) in [6.07, 6.45) is 0.982. The molecule has 0 aliphatic heterocycles. The highest BCUT2D eigenvalue weighted by atomic mass is 16.5. The standard InChI is InChI=1S/C16H22N2O/c1-5-12-11(4)18-16-13(15(12)17-6-2)9-8-10-14(16)19-7-3/h8-10H,5-7H2,1-4H3,(H,17,18). The van der Waals surface area contributed by atoms with Crippen LogP contribution in [-0.4, -0.2) is 18.1 Å². The van der Waals surface area contributed by atoms with Gasteiger partial charge in [0.15, 0.2) is 0 Å². The van der Waals surface area contributed by atoms with Gasteiger partial charge in [0.1, 0.15) is 11.3 Å². The molecule has 0 saturated heterocycles. The fourth-order valence-electron chi connectivity index (χ4n) is 2.50. The van der Waals surface area contributed by atoms with Crippen LogP contribution in [0.15, 0.2) is 18.2 Å². The number of hydrogen-bond donors (Lipinski definition) is 1. The summed E-state index contributed by atoms with van der Waals surface area (Å²) in [5, 5.41) is 4.63. The molecule has 0 saturated carbocycles. The van der Waals surface area contributed by atoms with E-state index in [-0.39, 0.29) is 0 Å². The third-order valence-electron chi connectivity index (χ3n) is 3.29. The Labute approximate surface area is 115 Å². The molecule has 0 amide bonds. The molecule has 2 rings (SSSR count). The average molecular weight is 258 g/mol. The lowest BCUT2D eigenvalue weighted by Crippen LogP contribution is -2.05. The van der Waals surface area contributed by atoms with Crippen LogP contribution in [0.1, 0.15) is 32.0 Å². The number of benzene rings is 1. The predicted octanol–water partition coefficient (Wildman–Crippen LogP) is 3.94. The van der Waals surface area contributed by atoms with Crippen LogP contribution in [-0.2, 0) is 6.42 Å². The van der Waals surface area contributed by atoms with Gasteiger partial charge in [0.25, 0.3) is 0 Å². The Morgan fingerprint density at radius 2 is 2.00 bits per heavy atom. The summed E-state index contributed by atoms with van der Waals surface area (Å²) in [7, 11) is 0. The summed E-state index contributed by atoms with van der Waals surface area (Å²) in [6, 6.07) is 6.13. The second-order valence-corrected chi connectivity index (χ2v) is 4.52. The zero-order chi connectivity index (χ0) is 13.8. The summed E-state index contributed by atoms with van der Waals surface area (Å²) in [5.74, 6) is 0.866. The molecule has 0 aliphatic carbocycles. The molecule has 1 heterocycles. The smallest absolute Gasteiger partial charge is 0.145 e. The normalized spacial score (nSPS) is 10.7. The SMILES string of the molecule is CCNc1c(CC)c(C)nc2c(OCC)cccc12. The van der Waals surface area contributed by atoms with Crippen molar-refractivity contribution in [3.63, 3.8) is 0 Å². The van der Waals surface area contributed by atoms with E-state index in [0.29, 0.717) is 6.61 Å². The van der Waals surface area contributed by atoms with Crippen LogP contribution in [0.25, 0.3) is 10.9 Å². The zero-order valence-corrected chi connectivity index (χ0v) is 12.2. The Hall–Kier alpha value is -1.77. The van der Waals surface area contributed by atoms with Gasteiger partial charge in [0.2, 0.25) is 0 Å². The van der Waals surface area contributed by atoms with Gasteiger partial charge < -0.3 is 10.1 Å². The number of ether oxygens (including phenoxy) is 1. The molecule has 0 fully saturated rings. The lowest BCUT2D eigenvalue weighted by molar-refractivity contribution is 0.343. The lowest BCUT2D eigenvalue weighted by Gasteiger charge is -2.17.